The first-order chi connectivity index (χ1) is 13.3. The lowest BCUT2D eigenvalue weighted by Gasteiger charge is -2.39. The number of anilines is 1. The van der Waals surface area contributed by atoms with E-state index in [4.69, 9.17) is 28.6 Å². The molecule has 2 aliphatic heterocycles. The van der Waals surface area contributed by atoms with Crippen LogP contribution in [0.3, 0.4) is 0 Å². The molecule has 2 aliphatic rings. The zero-order valence-electron chi connectivity index (χ0n) is 15.6. The molecule has 1 aromatic rings. The average Bonchev–Trinajstić information content (AvgIpc) is 2.68. The molecule has 9 heteroatoms. The van der Waals surface area contributed by atoms with E-state index in [9.17, 15) is 13.2 Å². The molecule has 2 heterocycles. The summed E-state index contributed by atoms with van der Waals surface area (Å²) in [5.41, 5.74) is -0.552. The summed E-state index contributed by atoms with van der Waals surface area (Å²) >= 11 is 11.6. The molecule has 0 bridgehead atoms. The van der Waals surface area contributed by atoms with E-state index in [2.05, 4.69) is 15.1 Å². The highest BCUT2D eigenvalue weighted by atomic mass is 35.5. The summed E-state index contributed by atoms with van der Waals surface area (Å²) in [6.45, 7) is 5.18. The maximum atomic E-state index is 13.0. The number of halogens is 4. The Morgan fingerprint density at radius 1 is 1.21 bits per heavy atom. The van der Waals surface area contributed by atoms with Crippen molar-refractivity contribution in [3.63, 3.8) is 0 Å². The van der Waals surface area contributed by atoms with Gasteiger partial charge in [0.1, 0.15) is 0 Å². The molecule has 28 heavy (non-hydrogen) atoms. The highest BCUT2D eigenvalue weighted by molar-refractivity contribution is 7.80. The van der Waals surface area contributed by atoms with Crippen molar-refractivity contribution in [3.8, 4) is 0 Å². The maximum Gasteiger partial charge on any atom is 0.416 e. The highest BCUT2D eigenvalue weighted by Crippen LogP contribution is 2.34. The summed E-state index contributed by atoms with van der Waals surface area (Å²) in [5.74, 6) is 0. The summed E-state index contributed by atoms with van der Waals surface area (Å²) in [6, 6.07) is 3.52. The number of alkyl halides is 3. The van der Waals surface area contributed by atoms with Gasteiger partial charge in [0.25, 0.3) is 0 Å². The van der Waals surface area contributed by atoms with Crippen molar-refractivity contribution < 1.29 is 17.9 Å². The first-order valence-corrected chi connectivity index (χ1v) is 10.4. The molecule has 0 aliphatic carbocycles. The molecule has 156 valence electrons. The minimum absolute atomic E-state index is 0.194. The van der Waals surface area contributed by atoms with E-state index in [0.717, 1.165) is 77.2 Å². The minimum Gasteiger partial charge on any atom is -0.379 e. The number of benzene rings is 1. The quantitative estimate of drug-likeness (QED) is 0.696. The second kappa shape index (κ2) is 9.61. The van der Waals surface area contributed by atoms with Crippen LogP contribution in [0, 0.1) is 0 Å². The van der Waals surface area contributed by atoms with Crippen LogP contribution in [0.15, 0.2) is 18.2 Å². The molecule has 1 atom stereocenters. The number of ether oxygens (including phenoxy) is 1. The molecular formula is C19H25ClF3N3OS. The van der Waals surface area contributed by atoms with E-state index < -0.39 is 11.7 Å². The Morgan fingerprint density at radius 3 is 2.68 bits per heavy atom. The van der Waals surface area contributed by atoms with Crippen LogP contribution in [0.1, 0.15) is 31.2 Å². The van der Waals surface area contributed by atoms with Crippen LogP contribution in [-0.4, -0.2) is 60.3 Å². The Hall–Kier alpha value is -1.09. The van der Waals surface area contributed by atoms with Gasteiger partial charge in [0, 0.05) is 32.2 Å². The molecule has 0 saturated carbocycles. The van der Waals surface area contributed by atoms with Gasteiger partial charge in [-0.05, 0) is 56.1 Å². The number of hydrogen-bond donors (Lipinski definition) is 1. The van der Waals surface area contributed by atoms with Gasteiger partial charge in [-0.25, -0.2) is 0 Å². The highest BCUT2D eigenvalue weighted by Gasteiger charge is 2.31. The van der Waals surface area contributed by atoms with Gasteiger partial charge < -0.3 is 15.0 Å². The third kappa shape index (κ3) is 5.72. The minimum atomic E-state index is -4.42. The van der Waals surface area contributed by atoms with Gasteiger partial charge in [-0.1, -0.05) is 11.6 Å². The van der Waals surface area contributed by atoms with Crippen LogP contribution in [-0.2, 0) is 10.9 Å². The first kappa shape index (κ1) is 21.6. The lowest BCUT2D eigenvalue weighted by atomic mass is 9.99. The zero-order valence-corrected chi connectivity index (χ0v) is 17.2. The van der Waals surface area contributed by atoms with Gasteiger partial charge in [-0.2, -0.15) is 13.2 Å². The fourth-order valence-electron chi connectivity index (χ4n) is 3.71. The molecule has 2 fully saturated rings. The van der Waals surface area contributed by atoms with E-state index in [1.807, 2.05) is 0 Å². The van der Waals surface area contributed by atoms with Crippen LogP contribution in [0.25, 0.3) is 0 Å². The number of thiocarbonyl (C=S) groups is 1. The van der Waals surface area contributed by atoms with Crippen LogP contribution >= 0.6 is 23.8 Å². The van der Waals surface area contributed by atoms with E-state index in [1.54, 1.807) is 0 Å². The molecule has 0 radical (unpaired) electrons. The SMILES string of the molecule is FC(F)(F)c1ccc(Cl)c(NC(=S)N2CCCC[C@@H]2CCN2CCOCC2)c1. The average molecular weight is 436 g/mol. The van der Waals surface area contributed by atoms with Crippen LogP contribution in [0.2, 0.25) is 5.02 Å². The molecule has 3 rings (SSSR count). The standard InChI is InChI=1S/C19H25ClF3N3OS/c20-16-5-4-14(19(21,22)23)13-17(16)24-18(28)26-7-2-1-3-15(26)6-8-25-9-11-27-12-10-25/h4-5,13,15H,1-3,6-12H2,(H,24,28)/t15-/m1/s1. The van der Waals surface area contributed by atoms with E-state index in [1.165, 1.54) is 6.07 Å². The first-order valence-electron chi connectivity index (χ1n) is 9.59. The number of rotatable bonds is 4. The van der Waals surface area contributed by atoms with Crippen molar-refractivity contribution >= 4 is 34.6 Å². The van der Waals surface area contributed by atoms with Crippen molar-refractivity contribution in [1.29, 1.82) is 0 Å². The lowest BCUT2D eigenvalue weighted by molar-refractivity contribution is -0.137. The van der Waals surface area contributed by atoms with E-state index >= 15 is 0 Å². The largest absolute Gasteiger partial charge is 0.416 e. The summed E-state index contributed by atoms with van der Waals surface area (Å²) in [7, 11) is 0. The maximum absolute atomic E-state index is 13.0. The van der Waals surface area contributed by atoms with Crippen molar-refractivity contribution in [2.24, 2.45) is 0 Å². The molecular weight excluding hydrogens is 411 g/mol. The lowest BCUT2D eigenvalue weighted by Crippen LogP contribution is -2.47. The molecule has 0 unspecified atom stereocenters. The second-order valence-electron chi connectivity index (χ2n) is 7.21. The Labute approximate surface area is 174 Å². The Morgan fingerprint density at radius 2 is 1.96 bits per heavy atom. The summed E-state index contributed by atoms with van der Waals surface area (Å²) in [4.78, 5) is 4.49. The summed E-state index contributed by atoms with van der Waals surface area (Å²) in [6.07, 6.45) is -0.265. The smallest absolute Gasteiger partial charge is 0.379 e. The third-order valence-electron chi connectivity index (χ3n) is 5.31. The van der Waals surface area contributed by atoms with Gasteiger partial charge >= 0.3 is 6.18 Å². The van der Waals surface area contributed by atoms with E-state index in [-0.39, 0.29) is 16.8 Å². The van der Waals surface area contributed by atoms with Gasteiger partial charge in [0.15, 0.2) is 5.11 Å². The molecule has 0 aromatic heterocycles. The van der Waals surface area contributed by atoms with Gasteiger partial charge in [0.05, 0.1) is 29.5 Å². The fraction of sp³-hybridized carbons (Fsp3) is 0.632. The van der Waals surface area contributed by atoms with Crippen molar-refractivity contribution in [2.75, 3.05) is 44.7 Å². The normalized spacial score (nSPS) is 21.6. The van der Waals surface area contributed by atoms with Crippen molar-refractivity contribution in [2.45, 2.75) is 37.9 Å². The number of morpholine rings is 1. The fourth-order valence-corrected chi connectivity index (χ4v) is 4.22. The van der Waals surface area contributed by atoms with Gasteiger partial charge in [0.2, 0.25) is 0 Å². The topological polar surface area (TPSA) is 27.7 Å². The predicted molar refractivity (Wildman–Crippen MR) is 109 cm³/mol. The molecule has 0 amide bonds. The number of piperidine rings is 1. The van der Waals surface area contributed by atoms with Crippen molar-refractivity contribution in [3.05, 3.63) is 28.8 Å². The Bertz CT molecular complexity index is 683. The van der Waals surface area contributed by atoms with E-state index in [0.29, 0.717) is 5.11 Å². The number of nitrogens with one attached hydrogen (secondary N) is 1. The molecule has 0 spiro atoms. The Kier molecular flexibility index (Phi) is 7.42. The molecule has 4 nitrogen and oxygen atoms in total. The summed E-state index contributed by atoms with van der Waals surface area (Å²) < 4.78 is 44.4. The molecule has 1 N–H and O–H groups in total. The second-order valence-corrected chi connectivity index (χ2v) is 8.00. The van der Waals surface area contributed by atoms with Crippen molar-refractivity contribution in [1.82, 2.24) is 9.80 Å². The third-order valence-corrected chi connectivity index (χ3v) is 5.97. The molecule has 1 aromatic carbocycles. The number of hydrogen-bond acceptors (Lipinski definition) is 3. The predicted octanol–water partition coefficient (Wildman–Crippen LogP) is 4.63. The number of likely N-dealkylation sites (tertiary alicyclic amines) is 1. The van der Waals surface area contributed by atoms with Crippen LogP contribution in [0.5, 0.6) is 0 Å². The monoisotopic (exact) mass is 435 g/mol. The Balaban J connectivity index is 1.64. The number of nitrogens with zero attached hydrogens (tertiary/aromatic N) is 2. The van der Waals surface area contributed by atoms with Gasteiger partial charge in [-0.15, -0.1) is 0 Å². The summed E-state index contributed by atoms with van der Waals surface area (Å²) in [5, 5.41) is 3.61. The molecule has 2 saturated heterocycles. The zero-order chi connectivity index (χ0) is 20.1. The van der Waals surface area contributed by atoms with Gasteiger partial charge in [-0.3, -0.25) is 4.90 Å². The van der Waals surface area contributed by atoms with Crippen LogP contribution in [0.4, 0.5) is 18.9 Å². The van der Waals surface area contributed by atoms with Crippen LogP contribution < -0.4 is 5.32 Å².